The van der Waals surface area contributed by atoms with Gasteiger partial charge in [-0.15, -0.1) is 0 Å². The van der Waals surface area contributed by atoms with Gasteiger partial charge in [-0.25, -0.2) is 0 Å². The fraction of sp³-hybridized carbons (Fsp3) is 0.750. The number of nitrogens with one attached hydrogen (secondary N) is 1. The Kier molecular flexibility index (Phi) is 9.64. The van der Waals surface area contributed by atoms with Gasteiger partial charge in [0, 0.05) is 20.0 Å². The van der Waals surface area contributed by atoms with Crippen LogP contribution in [0.5, 0.6) is 0 Å². The molecule has 0 aliphatic rings. The largest absolute Gasteiger partial charge is 0.382 e. The molecule has 0 saturated heterocycles. The zero-order valence-electron chi connectivity index (χ0n) is 11.4. The lowest BCUT2D eigenvalue weighted by Gasteiger charge is -2.15. The second-order valence-corrected chi connectivity index (χ2v) is 4.00. The molecule has 7 heteroatoms. The van der Waals surface area contributed by atoms with Gasteiger partial charge in [-0.2, -0.15) is 0 Å². The number of hydrogen-bond donors (Lipinski definition) is 2. The van der Waals surface area contributed by atoms with Crippen molar-refractivity contribution in [2.75, 3.05) is 26.9 Å². The summed E-state index contributed by atoms with van der Waals surface area (Å²) in [7, 11) is 1.53. The summed E-state index contributed by atoms with van der Waals surface area (Å²) in [5.74, 6) is -1.07. The molecule has 0 unspecified atom stereocenters. The minimum Gasteiger partial charge on any atom is -0.382 e. The van der Waals surface area contributed by atoms with E-state index in [4.69, 9.17) is 15.2 Å². The number of carbonyl (C=O) groups excluding carboxylic acids is 3. The summed E-state index contributed by atoms with van der Waals surface area (Å²) in [6.45, 7) is 2.25. The van der Waals surface area contributed by atoms with Crippen LogP contribution in [-0.2, 0) is 23.9 Å². The lowest BCUT2D eigenvalue weighted by atomic mass is 10.1. The van der Waals surface area contributed by atoms with Gasteiger partial charge in [0.2, 0.25) is 11.8 Å². The van der Waals surface area contributed by atoms with E-state index in [1.54, 1.807) is 6.92 Å². The first-order valence-corrected chi connectivity index (χ1v) is 6.18. The maximum absolute atomic E-state index is 11.5. The Morgan fingerprint density at radius 1 is 1.26 bits per heavy atom. The molecule has 0 aromatic heterocycles. The molecular formula is C12H22N2O5. The van der Waals surface area contributed by atoms with E-state index in [0.717, 1.165) is 0 Å². The lowest BCUT2D eigenvalue weighted by Crippen LogP contribution is -2.46. The lowest BCUT2D eigenvalue weighted by molar-refractivity contribution is -0.131. The van der Waals surface area contributed by atoms with Gasteiger partial charge in [0.1, 0.15) is 18.4 Å². The van der Waals surface area contributed by atoms with Crippen molar-refractivity contribution in [2.24, 2.45) is 5.73 Å². The Bertz CT molecular complexity index is 306. The first-order valence-electron chi connectivity index (χ1n) is 6.18. The number of primary amides is 1. The quantitative estimate of drug-likeness (QED) is 0.488. The van der Waals surface area contributed by atoms with Gasteiger partial charge >= 0.3 is 0 Å². The van der Waals surface area contributed by atoms with Crippen LogP contribution in [0.25, 0.3) is 0 Å². The fourth-order valence-corrected chi connectivity index (χ4v) is 1.31. The number of amides is 2. The fourth-order valence-electron chi connectivity index (χ4n) is 1.31. The van der Waals surface area contributed by atoms with Crippen LogP contribution in [0.2, 0.25) is 0 Å². The second-order valence-electron chi connectivity index (χ2n) is 4.00. The van der Waals surface area contributed by atoms with Crippen molar-refractivity contribution in [3.05, 3.63) is 0 Å². The van der Waals surface area contributed by atoms with E-state index in [0.29, 0.717) is 19.6 Å². The van der Waals surface area contributed by atoms with Crippen LogP contribution >= 0.6 is 0 Å². The highest BCUT2D eigenvalue weighted by atomic mass is 16.5. The number of ketones is 1. The molecule has 0 rings (SSSR count). The second kappa shape index (κ2) is 10.5. The van der Waals surface area contributed by atoms with Gasteiger partial charge in [-0.1, -0.05) is 6.92 Å². The zero-order valence-corrected chi connectivity index (χ0v) is 11.4. The van der Waals surface area contributed by atoms with Crippen LogP contribution in [0.3, 0.4) is 0 Å². The van der Waals surface area contributed by atoms with E-state index in [2.05, 4.69) is 5.32 Å². The molecule has 0 aliphatic heterocycles. The Morgan fingerprint density at radius 2 is 1.95 bits per heavy atom. The van der Waals surface area contributed by atoms with Gasteiger partial charge in [-0.3, -0.25) is 14.4 Å². The monoisotopic (exact) mass is 274 g/mol. The minimum atomic E-state index is -0.839. The molecule has 0 heterocycles. The molecule has 3 N–H and O–H groups in total. The van der Waals surface area contributed by atoms with Crippen LogP contribution in [-0.4, -0.2) is 50.6 Å². The molecule has 110 valence electrons. The molecule has 19 heavy (non-hydrogen) atoms. The summed E-state index contributed by atoms with van der Waals surface area (Å²) in [6, 6.07) is -0.839. The van der Waals surface area contributed by atoms with Crippen molar-refractivity contribution < 1.29 is 23.9 Å². The average molecular weight is 274 g/mol. The van der Waals surface area contributed by atoms with Crippen LogP contribution in [0, 0.1) is 0 Å². The number of carbonyl (C=O) groups is 3. The molecule has 7 nitrogen and oxygen atoms in total. The molecule has 0 aliphatic carbocycles. The van der Waals surface area contributed by atoms with Gasteiger partial charge in [0.25, 0.3) is 0 Å². The Hall–Kier alpha value is -1.47. The van der Waals surface area contributed by atoms with E-state index in [1.807, 2.05) is 0 Å². The number of methoxy groups -OCH3 is 1. The van der Waals surface area contributed by atoms with Gasteiger partial charge in [0.05, 0.1) is 13.2 Å². The van der Waals surface area contributed by atoms with Crippen LogP contribution in [0.1, 0.15) is 26.2 Å². The highest BCUT2D eigenvalue weighted by molar-refractivity contribution is 5.87. The highest BCUT2D eigenvalue weighted by Crippen LogP contribution is 2.00. The van der Waals surface area contributed by atoms with E-state index in [9.17, 15) is 14.4 Å². The Balaban J connectivity index is 4.01. The van der Waals surface area contributed by atoms with E-state index >= 15 is 0 Å². The first-order chi connectivity index (χ1) is 9.01. The van der Waals surface area contributed by atoms with Gasteiger partial charge in [0.15, 0.2) is 0 Å². The molecule has 0 fully saturated rings. The van der Waals surface area contributed by atoms with Crippen LogP contribution < -0.4 is 11.1 Å². The maximum Gasteiger partial charge on any atom is 0.246 e. The standard InChI is InChI=1S/C12H22N2O5/c1-3-9(15)4-5-10(12(13)17)14-11(16)8-19-7-6-18-2/h10H,3-8H2,1-2H3,(H2,13,17)(H,14,16)/t10-/m1/s1. The maximum atomic E-state index is 11.5. The number of hydrogen-bond acceptors (Lipinski definition) is 5. The third kappa shape index (κ3) is 9.15. The van der Waals surface area contributed by atoms with Crippen LogP contribution in [0.15, 0.2) is 0 Å². The van der Waals surface area contributed by atoms with Crippen molar-refractivity contribution >= 4 is 17.6 Å². The summed E-state index contributed by atoms with van der Waals surface area (Å²) in [4.78, 5) is 33.8. The molecule has 2 amide bonds. The number of ether oxygens (including phenoxy) is 2. The molecule has 0 aromatic rings. The minimum absolute atomic E-state index is 0.0249. The molecule has 0 aromatic carbocycles. The molecule has 0 spiro atoms. The smallest absolute Gasteiger partial charge is 0.246 e. The van der Waals surface area contributed by atoms with Crippen molar-refractivity contribution in [3.8, 4) is 0 Å². The number of rotatable bonds is 11. The SMILES string of the molecule is CCC(=O)CC[C@@H](NC(=O)COCCOC)C(N)=O. The van der Waals surface area contributed by atoms with Crippen molar-refractivity contribution in [3.63, 3.8) is 0 Å². The highest BCUT2D eigenvalue weighted by Gasteiger charge is 2.18. The zero-order chi connectivity index (χ0) is 14.7. The van der Waals surface area contributed by atoms with Crippen LogP contribution in [0.4, 0.5) is 0 Å². The molecule has 0 radical (unpaired) electrons. The van der Waals surface area contributed by atoms with Gasteiger partial charge in [-0.05, 0) is 6.42 Å². The third-order valence-corrected chi connectivity index (χ3v) is 2.45. The summed E-state index contributed by atoms with van der Waals surface area (Å²) in [6.07, 6.45) is 0.834. The predicted molar refractivity (Wildman–Crippen MR) is 68.4 cm³/mol. The number of nitrogens with two attached hydrogens (primary N) is 1. The summed E-state index contributed by atoms with van der Waals surface area (Å²) >= 11 is 0. The number of Topliss-reactive ketones (excluding diaryl/α,β-unsaturated/α-hetero) is 1. The van der Waals surface area contributed by atoms with E-state index in [1.165, 1.54) is 7.11 Å². The topological polar surface area (TPSA) is 108 Å². The molecule has 1 atom stereocenters. The Labute approximate surface area is 112 Å². The third-order valence-electron chi connectivity index (χ3n) is 2.45. The molecule has 0 saturated carbocycles. The molecule has 0 bridgehead atoms. The van der Waals surface area contributed by atoms with E-state index in [-0.39, 0.29) is 25.2 Å². The summed E-state index contributed by atoms with van der Waals surface area (Å²) in [5.41, 5.74) is 5.16. The van der Waals surface area contributed by atoms with Gasteiger partial charge < -0.3 is 20.5 Å². The Morgan fingerprint density at radius 3 is 2.47 bits per heavy atom. The summed E-state index contributed by atoms with van der Waals surface area (Å²) in [5, 5.41) is 2.44. The summed E-state index contributed by atoms with van der Waals surface area (Å²) < 4.78 is 9.76. The van der Waals surface area contributed by atoms with Crippen molar-refractivity contribution in [1.82, 2.24) is 5.32 Å². The van der Waals surface area contributed by atoms with E-state index < -0.39 is 17.9 Å². The molecular weight excluding hydrogens is 252 g/mol. The average Bonchev–Trinajstić information content (AvgIpc) is 2.38. The first kappa shape index (κ1) is 17.5. The van der Waals surface area contributed by atoms with Crippen molar-refractivity contribution in [2.45, 2.75) is 32.2 Å². The predicted octanol–water partition coefficient (Wildman–Crippen LogP) is -0.621. The van der Waals surface area contributed by atoms with Crippen molar-refractivity contribution in [1.29, 1.82) is 0 Å². The normalized spacial score (nSPS) is 11.9.